The monoisotopic (exact) mass is 167 g/mol. The second-order valence-corrected chi connectivity index (χ2v) is 3.20. The van der Waals surface area contributed by atoms with Crippen LogP contribution >= 0.6 is 0 Å². The lowest BCUT2D eigenvalue weighted by atomic mass is 10.2. The van der Waals surface area contributed by atoms with Gasteiger partial charge in [-0.25, -0.2) is 0 Å². The van der Waals surface area contributed by atoms with Crippen molar-refractivity contribution in [2.24, 2.45) is 11.1 Å². The Hall–Kier alpha value is -0.790. The van der Waals surface area contributed by atoms with Crippen molar-refractivity contribution < 1.29 is 4.84 Å². The lowest BCUT2D eigenvalue weighted by molar-refractivity contribution is 0.215. The average Bonchev–Trinajstić information content (AvgIpc) is 2.87. The molecule has 0 aromatic rings. The van der Waals surface area contributed by atoms with Crippen LogP contribution < -0.4 is 0 Å². The van der Waals surface area contributed by atoms with Gasteiger partial charge in [0.15, 0.2) is 0 Å². The molecule has 0 unspecified atom stereocenters. The van der Waals surface area contributed by atoms with Crippen molar-refractivity contribution >= 4 is 6.21 Å². The van der Waals surface area contributed by atoms with Crippen molar-refractivity contribution in [2.75, 3.05) is 7.11 Å². The van der Waals surface area contributed by atoms with Crippen LogP contribution in [0, 0.1) is 5.92 Å². The summed E-state index contributed by atoms with van der Waals surface area (Å²) in [4.78, 5) is 4.53. The van der Waals surface area contributed by atoms with Gasteiger partial charge in [-0.3, -0.25) is 0 Å². The van der Waals surface area contributed by atoms with E-state index in [0.717, 1.165) is 12.3 Å². The third-order valence-corrected chi connectivity index (χ3v) is 2.03. The predicted octanol–water partition coefficient (Wildman–Crippen LogP) is 2.76. The van der Waals surface area contributed by atoms with Crippen LogP contribution in [0.2, 0.25) is 0 Å². The van der Waals surface area contributed by atoms with E-state index in [9.17, 15) is 0 Å². The van der Waals surface area contributed by atoms with Crippen molar-refractivity contribution in [3.05, 3.63) is 12.2 Å². The van der Waals surface area contributed by atoms with Crippen molar-refractivity contribution in [1.82, 2.24) is 0 Å². The van der Waals surface area contributed by atoms with Crippen LogP contribution in [-0.4, -0.2) is 13.3 Å². The third kappa shape index (κ3) is 4.94. The Morgan fingerprint density at radius 3 is 2.92 bits per heavy atom. The number of oxime groups is 1. The average molecular weight is 167 g/mol. The van der Waals surface area contributed by atoms with E-state index in [0.29, 0.717) is 0 Å². The predicted molar refractivity (Wildman–Crippen MR) is 51.2 cm³/mol. The number of rotatable bonds is 6. The quantitative estimate of drug-likeness (QED) is 0.338. The maximum Gasteiger partial charge on any atom is 0.106 e. The highest BCUT2D eigenvalue weighted by atomic mass is 16.6. The Labute approximate surface area is 74.3 Å². The number of hydrogen-bond donors (Lipinski definition) is 0. The van der Waals surface area contributed by atoms with E-state index in [1.54, 1.807) is 13.3 Å². The van der Waals surface area contributed by atoms with Gasteiger partial charge in [-0.1, -0.05) is 30.1 Å². The van der Waals surface area contributed by atoms with Crippen LogP contribution in [0.3, 0.4) is 0 Å². The first-order chi connectivity index (χ1) is 5.93. The van der Waals surface area contributed by atoms with Gasteiger partial charge in [0.05, 0.1) is 0 Å². The fourth-order valence-electron chi connectivity index (χ4n) is 1.13. The van der Waals surface area contributed by atoms with Crippen LogP contribution in [0.15, 0.2) is 17.3 Å². The van der Waals surface area contributed by atoms with E-state index in [4.69, 9.17) is 0 Å². The topological polar surface area (TPSA) is 21.6 Å². The zero-order valence-electron chi connectivity index (χ0n) is 7.70. The molecular formula is C10H17NO. The van der Waals surface area contributed by atoms with Crippen LogP contribution in [0.1, 0.15) is 32.1 Å². The SMILES string of the molecule is CON=CCC=CCCC1CC1. The molecule has 2 nitrogen and oxygen atoms in total. The Morgan fingerprint density at radius 2 is 2.25 bits per heavy atom. The summed E-state index contributed by atoms with van der Waals surface area (Å²) in [5.74, 6) is 1.04. The molecule has 2 heteroatoms. The van der Waals surface area contributed by atoms with Crippen LogP contribution in [0.5, 0.6) is 0 Å². The van der Waals surface area contributed by atoms with E-state index in [1.807, 2.05) is 0 Å². The normalized spacial score (nSPS) is 17.8. The van der Waals surface area contributed by atoms with Crippen LogP contribution in [-0.2, 0) is 4.84 Å². The van der Waals surface area contributed by atoms with Crippen molar-refractivity contribution in [3.63, 3.8) is 0 Å². The molecule has 0 atom stereocenters. The van der Waals surface area contributed by atoms with E-state index in [2.05, 4.69) is 22.1 Å². The summed E-state index contributed by atoms with van der Waals surface area (Å²) in [7, 11) is 1.56. The molecule has 0 aliphatic heterocycles. The molecule has 1 aliphatic rings. The summed E-state index contributed by atoms with van der Waals surface area (Å²) < 4.78 is 0. The van der Waals surface area contributed by atoms with E-state index >= 15 is 0 Å². The van der Waals surface area contributed by atoms with Crippen LogP contribution in [0.25, 0.3) is 0 Å². The maximum atomic E-state index is 4.53. The molecule has 12 heavy (non-hydrogen) atoms. The minimum atomic E-state index is 0.887. The van der Waals surface area contributed by atoms with E-state index in [1.165, 1.54) is 25.7 Å². The minimum Gasteiger partial charge on any atom is -0.399 e. The summed E-state index contributed by atoms with van der Waals surface area (Å²) >= 11 is 0. The Balaban J connectivity index is 1.86. The minimum absolute atomic E-state index is 0.887. The van der Waals surface area contributed by atoms with Crippen LogP contribution in [0.4, 0.5) is 0 Å². The molecule has 0 bridgehead atoms. The molecule has 0 saturated heterocycles. The highest BCUT2D eigenvalue weighted by Gasteiger charge is 2.19. The zero-order chi connectivity index (χ0) is 8.65. The maximum absolute atomic E-state index is 4.53. The highest BCUT2D eigenvalue weighted by molar-refractivity contribution is 5.58. The van der Waals surface area contributed by atoms with Gasteiger partial charge in [0.1, 0.15) is 7.11 Å². The van der Waals surface area contributed by atoms with Crippen molar-refractivity contribution in [3.8, 4) is 0 Å². The molecule has 0 heterocycles. The summed E-state index contributed by atoms with van der Waals surface area (Å²) in [5.41, 5.74) is 0. The summed E-state index contributed by atoms with van der Waals surface area (Å²) in [6.45, 7) is 0. The second-order valence-electron chi connectivity index (χ2n) is 3.20. The van der Waals surface area contributed by atoms with Gasteiger partial charge < -0.3 is 4.84 Å². The van der Waals surface area contributed by atoms with Gasteiger partial charge >= 0.3 is 0 Å². The number of nitrogens with zero attached hydrogens (tertiary/aromatic N) is 1. The molecule has 0 aromatic carbocycles. The molecule has 1 rings (SSSR count). The second kappa shape index (κ2) is 5.81. The Kier molecular flexibility index (Phi) is 4.50. The fourth-order valence-corrected chi connectivity index (χ4v) is 1.13. The van der Waals surface area contributed by atoms with E-state index < -0.39 is 0 Å². The van der Waals surface area contributed by atoms with Crippen molar-refractivity contribution in [1.29, 1.82) is 0 Å². The van der Waals surface area contributed by atoms with Gasteiger partial charge in [0, 0.05) is 12.6 Å². The van der Waals surface area contributed by atoms with Crippen molar-refractivity contribution in [2.45, 2.75) is 32.1 Å². The molecule has 68 valence electrons. The molecule has 1 saturated carbocycles. The third-order valence-electron chi connectivity index (χ3n) is 2.03. The standard InChI is InChI=1S/C10H17NO/c1-12-11-9-5-3-2-4-6-10-7-8-10/h2-3,9-10H,4-8H2,1H3. The van der Waals surface area contributed by atoms with Gasteiger partial charge in [-0.05, 0) is 18.8 Å². The highest BCUT2D eigenvalue weighted by Crippen LogP contribution is 2.33. The lowest BCUT2D eigenvalue weighted by Gasteiger charge is -1.88. The first-order valence-corrected chi connectivity index (χ1v) is 4.63. The number of hydrogen-bond acceptors (Lipinski definition) is 2. The zero-order valence-corrected chi connectivity index (χ0v) is 7.70. The van der Waals surface area contributed by atoms with Gasteiger partial charge in [-0.15, -0.1) is 0 Å². The first kappa shape index (κ1) is 9.30. The molecule has 0 spiro atoms. The smallest absolute Gasteiger partial charge is 0.106 e. The molecule has 1 aliphatic carbocycles. The Bertz CT molecular complexity index is 159. The largest absolute Gasteiger partial charge is 0.399 e. The molecule has 1 fully saturated rings. The first-order valence-electron chi connectivity index (χ1n) is 4.63. The van der Waals surface area contributed by atoms with Gasteiger partial charge in [-0.2, -0.15) is 0 Å². The van der Waals surface area contributed by atoms with Gasteiger partial charge in [0.25, 0.3) is 0 Å². The lowest BCUT2D eigenvalue weighted by Crippen LogP contribution is -1.75. The summed E-state index contributed by atoms with van der Waals surface area (Å²) in [6, 6.07) is 0. The molecule has 0 amide bonds. The molecule has 0 aromatic heterocycles. The van der Waals surface area contributed by atoms with Gasteiger partial charge in [0.2, 0.25) is 0 Å². The fraction of sp³-hybridized carbons (Fsp3) is 0.700. The summed E-state index contributed by atoms with van der Waals surface area (Å²) in [5, 5.41) is 3.64. The van der Waals surface area contributed by atoms with E-state index in [-0.39, 0.29) is 0 Å². The Morgan fingerprint density at radius 1 is 1.42 bits per heavy atom. The summed E-state index contributed by atoms with van der Waals surface area (Å²) in [6.07, 6.45) is 12.6. The number of allylic oxidation sites excluding steroid dienone is 2. The molecule has 0 radical (unpaired) electrons. The molecule has 0 N–H and O–H groups in total. The molecular weight excluding hydrogens is 150 g/mol.